The molecule has 13 heavy (non-hydrogen) atoms. The number of rotatable bonds is 0. The highest BCUT2D eigenvalue weighted by atomic mass is 79.9. The van der Waals surface area contributed by atoms with Crippen LogP contribution < -0.4 is 0 Å². The summed E-state index contributed by atoms with van der Waals surface area (Å²) in [5.41, 5.74) is 0. The Kier molecular flexibility index (Phi) is 4650. The molecule has 0 aromatic rings. The van der Waals surface area contributed by atoms with Crippen molar-refractivity contribution in [2.75, 3.05) is 20.1 Å². The SMILES string of the molecule is Br.C.C.C.C.C.C.CBr.COC.[SiH4]. The zero-order chi connectivity index (χ0) is 4.71. The summed E-state index contributed by atoms with van der Waals surface area (Å²) in [7, 11) is 3.25. The molecule has 0 radical (unpaired) electrons. The van der Waals surface area contributed by atoms with Gasteiger partial charge in [-0.1, -0.05) is 60.5 Å². The number of alkyl halides is 1. The molecule has 0 aliphatic heterocycles. The van der Waals surface area contributed by atoms with Gasteiger partial charge in [0.05, 0.1) is 0 Å². The maximum atomic E-state index is 4.25. The topological polar surface area (TPSA) is 9.23 Å². The number of hydrogen-bond donors (Lipinski definition) is 0. The largest absolute Gasteiger partial charge is 0.388 e. The molecule has 0 N–H and O–H groups in total. The van der Waals surface area contributed by atoms with Crippen LogP contribution in [0.2, 0.25) is 0 Å². The van der Waals surface area contributed by atoms with E-state index in [9.17, 15) is 0 Å². The first-order chi connectivity index (χ1) is 2.41. The van der Waals surface area contributed by atoms with Crippen LogP contribution in [0.3, 0.4) is 0 Å². The Bertz CT molecular complexity index is 17.6. The van der Waals surface area contributed by atoms with Crippen LogP contribution in [0.5, 0.6) is 0 Å². The zero-order valence-electron chi connectivity index (χ0n) is 4.19. The summed E-state index contributed by atoms with van der Waals surface area (Å²) in [5, 5.41) is 0. The van der Waals surface area contributed by atoms with Crippen LogP contribution in [0.1, 0.15) is 44.6 Å². The fourth-order valence-electron chi connectivity index (χ4n) is 0. The van der Waals surface area contributed by atoms with Gasteiger partial charge in [-0.25, -0.2) is 0 Å². The summed E-state index contributed by atoms with van der Waals surface area (Å²) in [6.45, 7) is 0. The van der Waals surface area contributed by atoms with Crippen LogP contribution >= 0.6 is 32.9 Å². The van der Waals surface area contributed by atoms with Crippen molar-refractivity contribution in [2.24, 2.45) is 0 Å². The third-order valence-electron chi connectivity index (χ3n) is 0. The van der Waals surface area contributed by atoms with Gasteiger partial charge in [-0.3, -0.25) is 0 Å². The van der Waals surface area contributed by atoms with Crippen molar-refractivity contribution in [1.29, 1.82) is 0 Å². The van der Waals surface area contributed by atoms with Gasteiger partial charge >= 0.3 is 0 Å². The van der Waals surface area contributed by atoms with E-state index in [0.717, 1.165) is 0 Å². The average Bonchev–Trinajstić information content (AvgIpc) is 1.46. The summed E-state index contributed by atoms with van der Waals surface area (Å²) in [5.74, 6) is 1.81. The molecular formula is C9H38Br2OSi. The van der Waals surface area contributed by atoms with Gasteiger partial charge in [0.1, 0.15) is 0 Å². The molecule has 0 unspecified atom stereocenters. The fraction of sp³-hybridized carbons (Fsp3) is 1.00. The normalized spacial score (nSPS) is 1.85. The van der Waals surface area contributed by atoms with E-state index in [-0.39, 0.29) is 72.5 Å². The Morgan fingerprint density at radius 2 is 0.692 bits per heavy atom. The van der Waals surface area contributed by atoms with Gasteiger partial charge in [0.2, 0.25) is 0 Å². The molecule has 0 amide bonds. The second-order valence-corrected chi connectivity index (χ2v) is 0.408. The highest BCUT2D eigenvalue weighted by Gasteiger charge is 1.25. The predicted octanol–water partition coefficient (Wildman–Crippen LogP) is 4.22. The average molecular weight is 350 g/mol. The molecule has 0 rings (SSSR count). The lowest BCUT2D eigenvalue weighted by molar-refractivity contribution is 0.277. The Hall–Kier alpha value is 1.14. The standard InChI is InChI=1S/C2H6O.CH3Br.6CH4.BrH.H4Si/c1-3-2;1-2;;;;;;;;/h1-2H3;1H3;6*1H4;1H;1H4. The van der Waals surface area contributed by atoms with Crippen LogP contribution in [0.15, 0.2) is 0 Å². The third kappa shape index (κ3) is 1260. The van der Waals surface area contributed by atoms with Crippen LogP contribution in [0.4, 0.5) is 0 Å². The Morgan fingerprint density at radius 1 is 0.692 bits per heavy atom. The molecule has 1 nitrogen and oxygen atoms in total. The summed E-state index contributed by atoms with van der Waals surface area (Å²) in [4.78, 5) is 0. The summed E-state index contributed by atoms with van der Waals surface area (Å²) in [6, 6.07) is 0. The number of halogens is 2. The van der Waals surface area contributed by atoms with Gasteiger partial charge in [0, 0.05) is 14.2 Å². The van der Waals surface area contributed by atoms with Gasteiger partial charge in [0.15, 0.2) is 0 Å². The molecule has 0 aromatic heterocycles. The predicted molar refractivity (Wildman–Crippen MR) is 89.8 cm³/mol. The summed E-state index contributed by atoms with van der Waals surface area (Å²) < 4.78 is 4.25. The fourth-order valence-corrected chi connectivity index (χ4v) is 0. The highest BCUT2D eigenvalue weighted by molar-refractivity contribution is 9.08. The molecule has 0 bridgehead atoms. The maximum absolute atomic E-state index is 4.25. The summed E-state index contributed by atoms with van der Waals surface area (Å²) in [6.07, 6.45) is 0. The third-order valence-corrected chi connectivity index (χ3v) is 0. The lowest BCUT2D eigenvalue weighted by Gasteiger charge is -1.61. The van der Waals surface area contributed by atoms with E-state index in [1.54, 1.807) is 14.2 Å². The van der Waals surface area contributed by atoms with E-state index >= 15 is 0 Å². The van der Waals surface area contributed by atoms with Crippen molar-refractivity contribution in [1.82, 2.24) is 0 Å². The molecule has 0 aliphatic carbocycles. The van der Waals surface area contributed by atoms with Crippen LogP contribution in [-0.2, 0) is 4.74 Å². The monoisotopic (exact) mass is 348 g/mol. The molecule has 0 saturated carbocycles. The van der Waals surface area contributed by atoms with E-state index in [1.165, 1.54) is 0 Å². The smallest absolute Gasteiger partial charge is 0.0351 e. The first-order valence-corrected chi connectivity index (χ1v) is 2.78. The Morgan fingerprint density at radius 3 is 0.692 bits per heavy atom. The minimum atomic E-state index is 0. The molecule has 0 aromatic carbocycles. The second-order valence-electron chi connectivity index (χ2n) is 0.408. The Balaban J connectivity index is -0.00000000109. The molecule has 98 valence electrons. The van der Waals surface area contributed by atoms with Gasteiger partial charge in [0.25, 0.3) is 0 Å². The molecule has 0 aliphatic rings. The lowest BCUT2D eigenvalue weighted by Crippen LogP contribution is -1.55. The van der Waals surface area contributed by atoms with Crippen molar-refractivity contribution >= 4 is 43.9 Å². The molecule has 4 heteroatoms. The first-order valence-electron chi connectivity index (χ1n) is 1.19. The summed E-state index contributed by atoms with van der Waals surface area (Å²) >= 11 is 2.94. The van der Waals surface area contributed by atoms with Crippen molar-refractivity contribution < 1.29 is 4.74 Å². The molecular weight excluding hydrogens is 312 g/mol. The van der Waals surface area contributed by atoms with Gasteiger partial charge in [-0.15, -0.1) is 17.0 Å². The van der Waals surface area contributed by atoms with Crippen molar-refractivity contribution in [2.45, 2.75) is 44.6 Å². The van der Waals surface area contributed by atoms with Crippen LogP contribution in [0, 0.1) is 0 Å². The van der Waals surface area contributed by atoms with Crippen molar-refractivity contribution in [3.8, 4) is 0 Å². The maximum Gasteiger partial charge on any atom is 0.0351 e. The zero-order valence-corrected chi connectivity index (χ0v) is 7.49. The van der Waals surface area contributed by atoms with Crippen LogP contribution in [-0.4, -0.2) is 31.0 Å². The second kappa shape index (κ2) is 424. The lowest BCUT2D eigenvalue weighted by atomic mass is 11.6. The van der Waals surface area contributed by atoms with Gasteiger partial charge in [-0.2, -0.15) is 0 Å². The van der Waals surface area contributed by atoms with E-state index < -0.39 is 0 Å². The van der Waals surface area contributed by atoms with Crippen molar-refractivity contribution in [3.63, 3.8) is 0 Å². The van der Waals surface area contributed by atoms with E-state index in [0.29, 0.717) is 0 Å². The van der Waals surface area contributed by atoms with E-state index in [1.807, 2.05) is 5.83 Å². The molecule has 0 saturated heterocycles. The highest BCUT2D eigenvalue weighted by Crippen LogP contribution is 1.45. The quantitative estimate of drug-likeness (QED) is 0.470. The Labute approximate surface area is 113 Å². The van der Waals surface area contributed by atoms with Crippen molar-refractivity contribution in [3.05, 3.63) is 0 Å². The van der Waals surface area contributed by atoms with E-state index in [2.05, 4.69) is 20.7 Å². The van der Waals surface area contributed by atoms with Gasteiger partial charge in [-0.05, 0) is 16.8 Å². The van der Waals surface area contributed by atoms with Gasteiger partial charge < -0.3 is 4.74 Å². The molecule has 0 atom stereocenters. The molecule has 0 heterocycles. The number of ether oxygens (including phenoxy) is 1. The van der Waals surface area contributed by atoms with Crippen LogP contribution in [0.25, 0.3) is 0 Å². The number of hydrogen-bond acceptors (Lipinski definition) is 1. The molecule has 0 spiro atoms. The first kappa shape index (κ1) is 143. The minimum absolute atomic E-state index is 0. The minimum Gasteiger partial charge on any atom is -0.388 e. The number of methoxy groups -OCH3 is 1. The molecule has 0 fully saturated rings. The van der Waals surface area contributed by atoms with E-state index in [4.69, 9.17) is 0 Å².